The Bertz CT molecular complexity index is 1080. The van der Waals surface area contributed by atoms with E-state index in [9.17, 15) is 4.79 Å². The highest BCUT2D eigenvalue weighted by Gasteiger charge is 2.22. The summed E-state index contributed by atoms with van der Waals surface area (Å²) in [5.74, 6) is -0.183. The smallest absolute Gasteiger partial charge is 0.251 e. The number of hydrazone groups is 1. The predicted molar refractivity (Wildman–Crippen MR) is 141 cm³/mol. The molecule has 2 aromatic rings. The number of hydrogen-bond donors (Lipinski definition) is 3. The molecule has 1 saturated heterocycles. The normalized spacial score (nSPS) is 17.4. The maximum Gasteiger partial charge on any atom is 0.251 e. The third kappa shape index (κ3) is 6.76. The third-order valence-electron chi connectivity index (χ3n) is 5.38. The number of allylic oxidation sites excluding steroid dienone is 3. The SMILES string of the molecule is O=C(NC1=CCC(=NN2CCCC2)C=C1)[C@@H](NC(=S)Nc1ccc(Br)cc1)c1ccccc1. The summed E-state index contributed by atoms with van der Waals surface area (Å²) < 4.78 is 0.982. The molecule has 3 N–H and O–H groups in total. The summed E-state index contributed by atoms with van der Waals surface area (Å²) in [5, 5.41) is 16.5. The van der Waals surface area contributed by atoms with Crippen molar-refractivity contribution in [1.82, 2.24) is 15.6 Å². The zero-order chi connectivity index (χ0) is 23.0. The van der Waals surface area contributed by atoms with Crippen molar-refractivity contribution in [3.63, 3.8) is 0 Å². The van der Waals surface area contributed by atoms with Crippen LogP contribution in [0.5, 0.6) is 0 Å². The number of thiocarbonyl (C=S) groups is 1. The Kier molecular flexibility index (Phi) is 7.91. The molecule has 1 atom stereocenters. The molecule has 2 aromatic carbocycles. The Morgan fingerprint density at radius 2 is 1.73 bits per heavy atom. The summed E-state index contributed by atoms with van der Waals surface area (Å²) in [6.45, 7) is 2.03. The number of nitrogens with zero attached hydrogens (tertiary/aromatic N) is 2. The molecular weight excluding hydrogens is 498 g/mol. The number of carbonyl (C=O) groups is 1. The molecule has 4 rings (SSSR count). The molecule has 6 nitrogen and oxygen atoms in total. The summed E-state index contributed by atoms with van der Waals surface area (Å²) in [6.07, 6.45) is 8.95. The quantitative estimate of drug-likeness (QED) is 0.470. The molecule has 0 aromatic heterocycles. The Morgan fingerprint density at radius 3 is 2.39 bits per heavy atom. The summed E-state index contributed by atoms with van der Waals surface area (Å²) in [6, 6.07) is 16.6. The summed E-state index contributed by atoms with van der Waals surface area (Å²) in [7, 11) is 0. The van der Waals surface area contributed by atoms with Gasteiger partial charge in [-0.05, 0) is 67.0 Å². The van der Waals surface area contributed by atoms with Crippen LogP contribution in [0.15, 0.2) is 88.1 Å². The van der Waals surface area contributed by atoms with E-state index in [0.29, 0.717) is 11.5 Å². The summed E-state index contributed by atoms with van der Waals surface area (Å²) >= 11 is 8.91. The van der Waals surface area contributed by atoms with Crippen LogP contribution in [-0.2, 0) is 4.79 Å². The van der Waals surface area contributed by atoms with Gasteiger partial charge in [-0.1, -0.05) is 52.3 Å². The first-order chi connectivity index (χ1) is 16.1. The first-order valence-corrected chi connectivity index (χ1v) is 12.2. The van der Waals surface area contributed by atoms with E-state index in [2.05, 4.69) is 42.0 Å². The molecule has 1 heterocycles. The van der Waals surface area contributed by atoms with E-state index in [1.54, 1.807) is 0 Å². The number of anilines is 1. The molecule has 1 fully saturated rings. The minimum absolute atomic E-state index is 0.183. The van der Waals surface area contributed by atoms with Gasteiger partial charge in [-0.2, -0.15) is 5.10 Å². The van der Waals surface area contributed by atoms with Gasteiger partial charge < -0.3 is 16.0 Å². The molecule has 1 aliphatic carbocycles. The molecule has 0 bridgehead atoms. The second-order valence-electron chi connectivity index (χ2n) is 7.89. The monoisotopic (exact) mass is 523 g/mol. The standard InChI is InChI=1S/C25H26BrN5OS/c26-19-8-10-21(11-9-19)28-25(33)29-23(18-6-2-1-3-7-18)24(32)27-20-12-14-22(15-13-20)30-31-16-4-5-17-31/h1-3,6-14,23H,4-5,15-17H2,(H,27,32)(H2,28,29,33)/t23-/m0/s1. The highest BCUT2D eigenvalue weighted by Crippen LogP contribution is 2.18. The van der Waals surface area contributed by atoms with Crippen molar-refractivity contribution in [3.05, 3.63) is 88.6 Å². The van der Waals surface area contributed by atoms with Crippen LogP contribution in [0.1, 0.15) is 30.9 Å². The molecule has 2 aliphatic rings. The number of amides is 1. The van der Waals surface area contributed by atoms with Crippen molar-refractivity contribution in [2.75, 3.05) is 18.4 Å². The molecule has 0 spiro atoms. The van der Waals surface area contributed by atoms with Gasteiger partial charge in [0.15, 0.2) is 5.11 Å². The largest absolute Gasteiger partial charge is 0.347 e. The van der Waals surface area contributed by atoms with E-state index in [4.69, 9.17) is 12.2 Å². The van der Waals surface area contributed by atoms with Gasteiger partial charge in [0.2, 0.25) is 0 Å². The zero-order valence-corrected chi connectivity index (χ0v) is 20.5. The lowest BCUT2D eigenvalue weighted by molar-refractivity contribution is -0.122. The average molecular weight is 524 g/mol. The van der Waals surface area contributed by atoms with Crippen molar-refractivity contribution in [2.45, 2.75) is 25.3 Å². The van der Waals surface area contributed by atoms with Gasteiger partial charge in [-0.15, -0.1) is 0 Å². The molecule has 33 heavy (non-hydrogen) atoms. The minimum Gasteiger partial charge on any atom is -0.347 e. The molecule has 170 valence electrons. The first-order valence-electron chi connectivity index (χ1n) is 11.0. The van der Waals surface area contributed by atoms with Gasteiger partial charge in [-0.25, -0.2) is 0 Å². The summed E-state index contributed by atoms with van der Waals surface area (Å²) in [4.78, 5) is 13.2. The van der Waals surface area contributed by atoms with Crippen LogP contribution in [0.2, 0.25) is 0 Å². The number of hydrogen-bond acceptors (Lipinski definition) is 4. The van der Waals surface area contributed by atoms with Crippen LogP contribution < -0.4 is 16.0 Å². The van der Waals surface area contributed by atoms with Crippen LogP contribution in [0.25, 0.3) is 0 Å². The van der Waals surface area contributed by atoms with Gasteiger partial charge in [0.25, 0.3) is 5.91 Å². The lowest BCUT2D eigenvalue weighted by Gasteiger charge is -2.22. The van der Waals surface area contributed by atoms with Crippen LogP contribution in [0.4, 0.5) is 5.69 Å². The molecule has 0 saturated carbocycles. The molecule has 1 amide bonds. The molecule has 0 radical (unpaired) electrons. The first kappa shape index (κ1) is 23.2. The van der Waals surface area contributed by atoms with Crippen molar-refractivity contribution in [2.24, 2.45) is 5.10 Å². The maximum atomic E-state index is 13.2. The number of halogens is 1. The molecule has 8 heteroatoms. The number of carbonyl (C=O) groups excluding carboxylic acids is 1. The number of benzene rings is 2. The minimum atomic E-state index is -0.643. The summed E-state index contributed by atoms with van der Waals surface area (Å²) in [5.41, 5.74) is 3.43. The van der Waals surface area contributed by atoms with E-state index >= 15 is 0 Å². The van der Waals surface area contributed by atoms with E-state index in [1.165, 1.54) is 12.8 Å². The predicted octanol–water partition coefficient (Wildman–Crippen LogP) is 4.89. The lowest BCUT2D eigenvalue weighted by atomic mass is 10.1. The van der Waals surface area contributed by atoms with Gasteiger partial charge >= 0.3 is 0 Å². The van der Waals surface area contributed by atoms with Crippen molar-refractivity contribution in [1.29, 1.82) is 0 Å². The van der Waals surface area contributed by atoms with E-state index < -0.39 is 6.04 Å². The van der Waals surface area contributed by atoms with E-state index in [1.807, 2.05) is 72.8 Å². The van der Waals surface area contributed by atoms with E-state index in [-0.39, 0.29) is 5.91 Å². The second-order valence-corrected chi connectivity index (χ2v) is 9.21. The van der Waals surface area contributed by atoms with Crippen LogP contribution in [-0.4, -0.2) is 34.8 Å². The van der Waals surface area contributed by atoms with Gasteiger partial charge in [0, 0.05) is 35.4 Å². The number of nitrogens with one attached hydrogen (secondary N) is 3. The molecular formula is C25H26BrN5OS. The topological polar surface area (TPSA) is 68.8 Å². The second kappa shape index (κ2) is 11.2. The van der Waals surface area contributed by atoms with Crippen LogP contribution in [0, 0.1) is 0 Å². The Balaban J connectivity index is 1.41. The lowest BCUT2D eigenvalue weighted by Crippen LogP contribution is -2.41. The van der Waals surface area contributed by atoms with Gasteiger partial charge in [-0.3, -0.25) is 9.80 Å². The maximum absolute atomic E-state index is 13.2. The fraction of sp³-hybridized carbons (Fsp3) is 0.240. The third-order valence-corrected chi connectivity index (χ3v) is 6.13. The average Bonchev–Trinajstić information content (AvgIpc) is 3.34. The van der Waals surface area contributed by atoms with E-state index in [0.717, 1.165) is 40.2 Å². The van der Waals surface area contributed by atoms with Crippen LogP contribution in [0.3, 0.4) is 0 Å². The highest BCUT2D eigenvalue weighted by atomic mass is 79.9. The molecule has 0 unspecified atom stereocenters. The van der Waals surface area contributed by atoms with Crippen molar-refractivity contribution >= 4 is 50.6 Å². The van der Waals surface area contributed by atoms with Gasteiger partial charge in [0.05, 0.1) is 5.71 Å². The fourth-order valence-electron chi connectivity index (χ4n) is 3.68. The Labute approximate surface area is 208 Å². The highest BCUT2D eigenvalue weighted by molar-refractivity contribution is 9.10. The van der Waals surface area contributed by atoms with Crippen molar-refractivity contribution in [3.8, 4) is 0 Å². The van der Waals surface area contributed by atoms with Gasteiger partial charge in [0.1, 0.15) is 6.04 Å². The number of rotatable bonds is 6. The Morgan fingerprint density at radius 1 is 1.00 bits per heavy atom. The fourth-order valence-corrected chi connectivity index (χ4v) is 4.18. The van der Waals surface area contributed by atoms with Crippen LogP contribution >= 0.6 is 28.1 Å². The Hall–Kier alpha value is -2.97. The molecule has 1 aliphatic heterocycles. The van der Waals surface area contributed by atoms with Crippen molar-refractivity contribution < 1.29 is 4.79 Å². The zero-order valence-electron chi connectivity index (χ0n) is 18.1.